The van der Waals surface area contributed by atoms with Gasteiger partial charge in [0.2, 0.25) is 0 Å². The summed E-state index contributed by atoms with van der Waals surface area (Å²) in [7, 11) is 0. The number of hydrogen-bond acceptors (Lipinski definition) is 5. The van der Waals surface area contributed by atoms with Crippen molar-refractivity contribution in [2.75, 3.05) is 0 Å². The Bertz CT molecular complexity index is 901. The molecule has 0 fully saturated rings. The van der Waals surface area contributed by atoms with E-state index in [9.17, 15) is 0 Å². The van der Waals surface area contributed by atoms with Crippen molar-refractivity contribution in [2.45, 2.75) is 18.9 Å². The molecule has 0 saturated heterocycles. The van der Waals surface area contributed by atoms with Gasteiger partial charge >= 0.3 is 0 Å². The van der Waals surface area contributed by atoms with E-state index < -0.39 is 0 Å². The average molecular weight is 331 g/mol. The number of benzene rings is 2. The van der Waals surface area contributed by atoms with Crippen molar-refractivity contribution in [2.24, 2.45) is 0 Å². The molecule has 124 valence electrons. The molecule has 2 heterocycles. The zero-order valence-corrected chi connectivity index (χ0v) is 13.5. The van der Waals surface area contributed by atoms with E-state index in [0.717, 1.165) is 24.2 Å². The Labute approximate surface area is 144 Å². The summed E-state index contributed by atoms with van der Waals surface area (Å²) >= 11 is 0. The third-order valence-electron chi connectivity index (χ3n) is 4.03. The molecule has 2 aromatic heterocycles. The van der Waals surface area contributed by atoms with Gasteiger partial charge in [-0.3, -0.25) is 5.10 Å². The van der Waals surface area contributed by atoms with Crippen LogP contribution in [-0.4, -0.2) is 35.4 Å². The van der Waals surface area contributed by atoms with Crippen LogP contribution in [0.15, 0.2) is 67.0 Å². The van der Waals surface area contributed by atoms with Crippen molar-refractivity contribution in [3.63, 3.8) is 0 Å². The highest BCUT2D eigenvalue weighted by molar-refractivity contribution is 5.25. The number of nitrogens with one attached hydrogen (secondary N) is 1. The molecule has 0 aliphatic heterocycles. The van der Waals surface area contributed by atoms with Gasteiger partial charge in [-0.15, -0.1) is 5.10 Å². The zero-order valence-electron chi connectivity index (χ0n) is 13.5. The molecule has 0 amide bonds. The zero-order chi connectivity index (χ0) is 16.9. The Morgan fingerprint density at radius 1 is 0.920 bits per heavy atom. The largest absolute Gasteiger partial charge is 0.263 e. The number of rotatable bonds is 6. The fraction of sp³-hybridized carbons (Fsp3) is 0.167. The summed E-state index contributed by atoms with van der Waals surface area (Å²) in [5, 5.41) is 19.0. The lowest BCUT2D eigenvalue weighted by Crippen LogP contribution is -2.15. The fourth-order valence-electron chi connectivity index (χ4n) is 2.79. The molecule has 0 spiro atoms. The van der Waals surface area contributed by atoms with Gasteiger partial charge in [0.1, 0.15) is 18.2 Å². The molecule has 1 atom stereocenters. The van der Waals surface area contributed by atoms with E-state index in [1.54, 1.807) is 11.0 Å². The van der Waals surface area contributed by atoms with Crippen LogP contribution >= 0.6 is 0 Å². The van der Waals surface area contributed by atoms with Gasteiger partial charge in [0.25, 0.3) is 0 Å². The Balaban J connectivity index is 1.58. The van der Waals surface area contributed by atoms with Crippen LogP contribution < -0.4 is 0 Å². The van der Waals surface area contributed by atoms with E-state index >= 15 is 0 Å². The summed E-state index contributed by atoms with van der Waals surface area (Å²) in [6, 6.07) is 20.1. The van der Waals surface area contributed by atoms with Crippen molar-refractivity contribution >= 4 is 0 Å². The second-order valence-electron chi connectivity index (χ2n) is 5.73. The predicted molar refractivity (Wildman–Crippen MR) is 91.7 cm³/mol. The van der Waals surface area contributed by atoms with E-state index in [1.165, 1.54) is 5.56 Å². The highest BCUT2D eigenvalue weighted by atomic mass is 15.5. The molecule has 0 aliphatic carbocycles. The quantitative estimate of drug-likeness (QED) is 0.585. The monoisotopic (exact) mass is 331 g/mol. The molecule has 0 unspecified atom stereocenters. The summed E-state index contributed by atoms with van der Waals surface area (Å²) in [6.07, 6.45) is 3.29. The number of tetrazole rings is 1. The average Bonchev–Trinajstić information content (AvgIpc) is 3.35. The summed E-state index contributed by atoms with van der Waals surface area (Å²) in [4.78, 5) is 4.67. The van der Waals surface area contributed by atoms with Crippen molar-refractivity contribution in [1.29, 1.82) is 0 Å². The topological polar surface area (TPSA) is 85.2 Å². The fourth-order valence-corrected chi connectivity index (χ4v) is 2.79. The second kappa shape index (κ2) is 7.04. The van der Waals surface area contributed by atoms with Crippen molar-refractivity contribution < 1.29 is 0 Å². The van der Waals surface area contributed by atoms with Gasteiger partial charge in [0.15, 0.2) is 5.82 Å². The van der Waals surface area contributed by atoms with Crippen LogP contribution in [0.5, 0.6) is 0 Å². The molecule has 0 radical (unpaired) electrons. The second-order valence-corrected chi connectivity index (χ2v) is 5.73. The van der Waals surface area contributed by atoms with Crippen LogP contribution in [0.25, 0.3) is 0 Å². The van der Waals surface area contributed by atoms with Gasteiger partial charge in [-0.1, -0.05) is 60.7 Å². The minimum atomic E-state index is -0.252. The smallest absolute Gasteiger partial charge is 0.179 e. The highest BCUT2D eigenvalue weighted by Gasteiger charge is 2.22. The summed E-state index contributed by atoms with van der Waals surface area (Å²) in [5.41, 5.74) is 2.31. The van der Waals surface area contributed by atoms with Crippen LogP contribution in [0, 0.1) is 0 Å². The molecular formula is C18H17N7. The van der Waals surface area contributed by atoms with Crippen LogP contribution in [0.2, 0.25) is 0 Å². The van der Waals surface area contributed by atoms with Crippen molar-refractivity contribution in [1.82, 2.24) is 35.4 Å². The Morgan fingerprint density at radius 2 is 1.68 bits per heavy atom. The lowest BCUT2D eigenvalue weighted by atomic mass is 10.1. The number of aryl methyl sites for hydroxylation is 2. The third kappa shape index (κ3) is 3.45. The lowest BCUT2D eigenvalue weighted by molar-refractivity contribution is 0.547. The van der Waals surface area contributed by atoms with E-state index in [2.05, 4.69) is 42.8 Å². The predicted octanol–water partition coefficient (Wildman–Crippen LogP) is 2.21. The van der Waals surface area contributed by atoms with Crippen molar-refractivity contribution in [3.05, 3.63) is 89.8 Å². The standard InChI is InChI=1S/C18H17N7/c1-3-7-14(8-4-1)11-12-16-20-18(22-21-16)17(25-13-19-23-24-25)15-9-5-2-6-10-15/h1-10,13,17H,11-12H2,(H,20,21,22)/t17-/m1/s1. The van der Waals surface area contributed by atoms with Gasteiger partial charge < -0.3 is 0 Å². The normalized spacial score (nSPS) is 12.2. The summed E-state index contributed by atoms with van der Waals surface area (Å²) < 4.78 is 1.67. The Kier molecular flexibility index (Phi) is 4.28. The van der Waals surface area contributed by atoms with Crippen LogP contribution in [-0.2, 0) is 12.8 Å². The third-order valence-corrected chi connectivity index (χ3v) is 4.03. The van der Waals surface area contributed by atoms with Crippen LogP contribution in [0.1, 0.15) is 28.8 Å². The maximum Gasteiger partial charge on any atom is 0.179 e. The van der Waals surface area contributed by atoms with Gasteiger partial charge in [0.05, 0.1) is 0 Å². The maximum absolute atomic E-state index is 4.67. The highest BCUT2D eigenvalue weighted by Crippen LogP contribution is 2.22. The van der Waals surface area contributed by atoms with Crippen molar-refractivity contribution in [3.8, 4) is 0 Å². The van der Waals surface area contributed by atoms with E-state index in [1.807, 2.05) is 48.5 Å². The number of hydrogen-bond donors (Lipinski definition) is 1. The van der Waals surface area contributed by atoms with Crippen LogP contribution in [0.3, 0.4) is 0 Å². The Hall–Kier alpha value is -3.35. The Morgan fingerprint density at radius 3 is 2.40 bits per heavy atom. The molecule has 4 aromatic rings. The summed E-state index contributed by atoms with van der Waals surface area (Å²) in [6.45, 7) is 0. The molecule has 7 nitrogen and oxygen atoms in total. The van der Waals surface area contributed by atoms with E-state index in [-0.39, 0.29) is 6.04 Å². The minimum absolute atomic E-state index is 0.252. The maximum atomic E-state index is 4.67. The minimum Gasteiger partial charge on any atom is -0.263 e. The number of aromatic amines is 1. The number of H-pyrrole nitrogens is 1. The first-order valence-electron chi connectivity index (χ1n) is 8.12. The number of aromatic nitrogens is 7. The SMILES string of the molecule is c1ccc(CCc2nc([C@@H](c3ccccc3)n3cnnn3)n[nH]2)cc1. The molecule has 0 bridgehead atoms. The van der Waals surface area contributed by atoms with Gasteiger partial charge in [-0.2, -0.15) is 5.10 Å². The first-order chi connectivity index (χ1) is 12.4. The molecule has 25 heavy (non-hydrogen) atoms. The summed E-state index contributed by atoms with van der Waals surface area (Å²) in [5.74, 6) is 1.51. The van der Waals surface area contributed by atoms with Gasteiger partial charge in [-0.05, 0) is 28.0 Å². The number of nitrogens with zero attached hydrogens (tertiary/aromatic N) is 6. The first-order valence-corrected chi connectivity index (χ1v) is 8.12. The molecule has 2 aromatic carbocycles. The van der Waals surface area contributed by atoms with E-state index in [4.69, 9.17) is 0 Å². The lowest BCUT2D eigenvalue weighted by Gasteiger charge is -2.12. The molecule has 0 aliphatic rings. The van der Waals surface area contributed by atoms with Gasteiger partial charge in [-0.25, -0.2) is 9.67 Å². The van der Waals surface area contributed by atoms with Gasteiger partial charge in [0, 0.05) is 6.42 Å². The molecular weight excluding hydrogens is 314 g/mol. The molecule has 1 N–H and O–H groups in total. The molecule has 7 heteroatoms. The molecule has 4 rings (SSSR count). The first kappa shape index (κ1) is 15.2. The van der Waals surface area contributed by atoms with Crippen LogP contribution in [0.4, 0.5) is 0 Å². The van der Waals surface area contributed by atoms with E-state index in [0.29, 0.717) is 5.82 Å². The molecule has 0 saturated carbocycles.